The molecular weight excluding hydrogens is 300 g/mol. The molecule has 0 bridgehead atoms. The number of hydrogen-bond acceptors (Lipinski definition) is 1. The molecule has 2 aromatic carbocycles. The number of hydrogen-bond donors (Lipinski definition) is 2. The third-order valence-corrected chi connectivity index (χ3v) is 3.76. The number of para-hydroxylation sites is 1. The van der Waals surface area contributed by atoms with Crippen molar-refractivity contribution in [3.8, 4) is 0 Å². The number of aryl methyl sites for hydroxylation is 1. The summed E-state index contributed by atoms with van der Waals surface area (Å²) in [6, 6.07) is 18.3. The molecule has 2 N–H and O–H groups in total. The van der Waals surface area contributed by atoms with Gasteiger partial charge in [-0.05, 0) is 49.7 Å². The van der Waals surface area contributed by atoms with E-state index >= 15 is 0 Å². The highest BCUT2D eigenvalue weighted by Crippen LogP contribution is 2.20. The van der Waals surface area contributed by atoms with E-state index in [0.717, 1.165) is 18.5 Å². The smallest absolute Gasteiger partial charge is 0.171 e. The van der Waals surface area contributed by atoms with E-state index < -0.39 is 0 Å². The van der Waals surface area contributed by atoms with E-state index in [9.17, 15) is 0 Å². The van der Waals surface area contributed by atoms with Crippen molar-refractivity contribution in [3.63, 3.8) is 0 Å². The molecule has 0 aliphatic rings. The van der Waals surface area contributed by atoms with Crippen LogP contribution in [-0.2, 0) is 6.42 Å². The van der Waals surface area contributed by atoms with Crippen molar-refractivity contribution in [1.82, 2.24) is 5.32 Å². The molecule has 2 rings (SSSR count). The standard InChI is InChI=1S/C17H19ClN2S/c1-13(11-12-14-7-3-2-4-8-14)19-17(21)20-16-10-6-5-9-15(16)18/h2-10,13H,11-12H2,1H3,(H2,19,20,21)/t13-/m1/s1. The molecule has 0 radical (unpaired) electrons. The van der Waals surface area contributed by atoms with Gasteiger partial charge < -0.3 is 10.6 Å². The average Bonchev–Trinajstić information content (AvgIpc) is 2.48. The summed E-state index contributed by atoms with van der Waals surface area (Å²) in [6.45, 7) is 2.13. The van der Waals surface area contributed by atoms with Crippen molar-refractivity contribution in [2.75, 3.05) is 5.32 Å². The second kappa shape index (κ2) is 8.01. The third kappa shape index (κ3) is 5.37. The molecule has 1 atom stereocenters. The lowest BCUT2D eigenvalue weighted by Gasteiger charge is -2.17. The molecule has 0 amide bonds. The molecular formula is C17H19ClN2S. The van der Waals surface area contributed by atoms with E-state index in [-0.39, 0.29) is 0 Å². The zero-order valence-corrected chi connectivity index (χ0v) is 13.5. The van der Waals surface area contributed by atoms with Crippen LogP contribution in [0, 0.1) is 0 Å². The normalized spacial score (nSPS) is 11.7. The molecule has 0 saturated heterocycles. The van der Waals surface area contributed by atoms with E-state index in [2.05, 4.69) is 41.8 Å². The van der Waals surface area contributed by atoms with Gasteiger partial charge >= 0.3 is 0 Å². The zero-order chi connectivity index (χ0) is 15.1. The Labute approximate surface area is 136 Å². The topological polar surface area (TPSA) is 24.1 Å². The molecule has 21 heavy (non-hydrogen) atoms. The Morgan fingerprint density at radius 1 is 1.10 bits per heavy atom. The summed E-state index contributed by atoms with van der Waals surface area (Å²) in [6.07, 6.45) is 2.05. The van der Waals surface area contributed by atoms with Crippen LogP contribution in [0.5, 0.6) is 0 Å². The molecule has 2 aromatic rings. The van der Waals surface area contributed by atoms with Crippen LogP contribution in [-0.4, -0.2) is 11.2 Å². The van der Waals surface area contributed by atoms with Crippen molar-refractivity contribution >= 4 is 34.6 Å². The van der Waals surface area contributed by atoms with Crippen LogP contribution in [0.4, 0.5) is 5.69 Å². The summed E-state index contributed by atoms with van der Waals surface area (Å²) in [7, 11) is 0. The summed E-state index contributed by atoms with van der Waals surface area (Å²) in [4.78, 5) is 0. The molecule has 0 saturated carbocycles. The highest BCUT2D eigenvalue weighted by molar-refractivity contribution is 7.80. The van der Waals surface area contributed by atoms with Gasteiger partial charge in [-0.1, -0.05) is 54.1 Å². The van der Waals surface area contributed by atoms with Gasteiger partial charge in [-0.25, -0.2) is 0 Å². The SMILES string of the molecule is C[C@H](CCc1ccccc1)NC(=S)Nc1ccccc1Cl. The molecule has 0 unspecified atom stereocenters. The van der Waals surface area contributed by atoms with Crippen LogP contribution >= 0.6 is 23.8 Å². The Morgan fingerprint density at radius 3 is 2.48 bits per heavy atom. The van der Waals surface area contributed by atoms with E-state index in [1.807, 2.05) is 30.3 Å². The van der Waals surface area contributed by atoms with Crippen molar-refractivity contribution in [2.24, 2.45) is 0 Å². The number of benzene rings is 2. The minimum atomic E-state index is 0.299. The van der Waals surface area contributed by atoms with E-state index in [4.69, 9.17) is 23.8 Å². The van der Waals surface area contributed by atoms with Gasteiger partial charge in [-0.3, -0.25) is 0 Å². The maximum atomic E-state index is 6.10. The van der Waals surface area contributed by atoms with E-state index in [1.165, 1.54) is 5.56 Å². The highest BCUT2D eigenvalue weighted by Gasteiger charge is 2.06. The molecule has 4 heteroatoms. The minimum absolute atomic E-state index is 0.299. The van der Waals surface area contributed by atoms with E-state index in [1.54, 1.807) is 0 Å². The average molecular weight is 319 g/mol. The summed E-state index contributed by atoms with van der Waals surface area (Å²) in [5.41, 5.74) is 2.17. The van der Waals surface area contributed by atoms with Gasteiger partial charge in [0.15, 0.2) is 5.11 Å². The Morgan fingerprint density at radius 2 is 1.76 bits per heavy atom. The lowest BCUT2D eigenvalue weighted by atomic mass is 10.1. The third-order valence-electron chi connectivity index (χ3n) is 3.21. The van der Waals surface area contributed by atoms with Crippen LogP contribution in [0.2, 0.25) is 5.02 Å². The van der Waals surface area contributed by atoms with Gasteiger partial charge in [-0.15, -0.1) is 0 Å². The quantitative estimate of drug-likeness (QED) is 0.785. The Balaban J connectivity index is 1.78. The summed E-state index contributed by atoms with van der Waals surface area (Å²) in [5.74, 6) is 0. The molecule has 0 spiro atoms. The first-order valence-corrected chi connectivity index (χ1v) is 7.80. The second-order valence-corrected chi connectivity index (χ2v) is 5.82. The molecule has 2 nitrogen and oxygen atoms in total. The van der Waals surface area contributed by atoms with Crippen molar-refractivity contribution < 1.29 is 0 Å². The van der Waals surface area contributed by atoms with Gasteiger partial charge in [0.2, 0.25) is 0 Å². The first-order valence-electron chi connectivity index (χ1n) is 7.01. The van der Waals surface area contributed by atoms with Crippen LogP contribution in [0.25, 0.3) is 0 Å². The molecule has 0 heterocycles. The van der Waals surface area contributed by atoms with Gasteiger partial charge in [0.05, 0.1) is 10.7 Å². The Hall–Kier alpha value is -1.58. The fourth-order valence-corrected chi connectivity index (χ4v) is 2.54. The number of thiocarbonyl (C=S) groups is 1. The lowest BCUT2D eigenvalue weighted by Crippen LogP contribution is -2.36. The van der Waals surface area contributed by atoms with Crippen LogP contribution in [0.15, 0.2) is 54.6 Å². The summed E-state index contributed by atoms with van der Waals surface area (Å²) in [5, 5.41) is 7.68. The molecule has 0 aliphatic carbocycles. The first kappa shape index (κ1) is 15.8. The highest BCUT2D eigenvalue weighted by atomic mass is 35.5. The number of nitrogens with one attached hydrogen (secondary N) is 2. The van der Waals surface area contributed by atoms with Crippen molar-refractivity contribution in [3.05, 3.63) is 65.2 Å². The minimum Gasteiger partial charge on any atom is -0.360 e. The number of anilines is 1. The van der Waals surface area contributed by atoms with Crippen molar-refractivity contribution in [2.45, 2.75) is 25.8 Å². The van der Waals surface area contributed by atoms with E-state index in [0.29, 0.717) is 16.2 Å². The summed E-state index contributed by atoms with van der Waals surface area (Å²) < 4.78 is 0. The van der Waals surface area contributed by atoms with Gasteiger partial charge in [0, 0.05) is 6.04 Å². The maximum Gasteiger partial charge on any atom is 0.171 e. The molecule has 0 aliphatic heterocycles. The van der Waals surface area contributed by atoms with Crippen molar-refractivity contribution in [1.29, 1.82) is 0 Å². The zero-order valence-electron chi connectivity index (χ0n) is 12.0. The molecule has 0 fully saturated rings. The van der Waals surface area contributed by atoms with Gasteiger partial charge in [-0.2, -0.15) is 0 Å². The second-order valence-electron chi connectivity index (χ2n) is 5.00. The number of halogens is 1. The van der Waals surface area contributed by atoms with Gasteiger partial charge in [0.1, 0.15) is 0 Å². The first-order chi connectivity index (χ1) is 10.1. The maximum absolute atomic E-state index is 6.10. The lowest BCUT2D eigenvalue weighted by molar-refractivity contribution is 0.609. The fourth-order valence-electron chi connectivity index (χ4n) is 2.04. The van der Waals surface area contributed by atoms with Crippen LogP contribution in [0.3, 0.4) is 0 Å². The Bertz CT molecular complexity index is 586. The van der Waals surface area contributed by atoms with Crippen LogP contribution < -0.4 is 10.6 Å². The monoisotopic (exact) mass is 318 g/mol. The van der Waals surface area contributed by atoms with Crippen LogP contribution in [0.1, 0.15) is 18.9 Å². The fraction of sp³-hybridized carbons (Fsp3) is 0.235. The molecule has 0 aromatic heterocycles. The van der Waals surface area contributed by atoms with Gasteiger partial charge in [0.25, 0.3) is 0 Å². The predicted molar refractivity (Wildman–Crippen MR) is 95.0 cm³/mol. The largest absolute Gasteiger partial charge is 0.360 e. The summed E-state index contributed by atoms with van der Waals surface area (Å²) >= 11 is 11.4. The molecule has 110 valence electrons. The predicted octanol–water partition coefficient (Wildman–Crippen LogP) is 4.65. The number of rotatable bonds is 5. The Kier molecular flexibility index (Phi) is 6.03.